The lowest BCUT2D eigenvalue weighted by Crippen LogP contribution is -2.56. The van der Waals surface area contributed by atoms with Gasteiger partial charge in [-0.25, -0.2) is 0 Å². The van der Waals surface area contributed by atoms with Crippen LogP contribution in [0.2, 0.25) is 0 Å². The molecule has 3 aliphatic rings. The van der Waals surface area contributed by atoms with Gasteiger partial charge in [-0.15, -0.1) is 0 Å². The third kappa shape index (κ3) is 2.74. The summed E-state index contributed by atoms with van der Waals surface area (Å²) >= 11 is 0. The molecule has 0 radical (unpaired) electrons. The number of fused-ring (bicyclic) bond motifs is 1. The highest BCUT2D eigenvalue weighted by molar-refractivity contribution is 7.86. The molecule has 0 aliphatic carbocycles. The Kier molecular flexibility index (Phi) is 4.07. The van der Waals surface area contributed by atoms with Crippen LogP contribution in [0.5, 0.6) is 0 Å². The molecule has 116 valence electrons. The molecule has 0 aromatic rings. The van der Waals surface area contributed by atoms with Gasteiger partial charge in [0.25, 0.3) is 10.2 Å². The predicted molar refractivity (Wildman–Crippen MR) is 76.6 cm³/mol. The van der Waals surface area contributed by atoms with E-state index in [0.29, 0.717) is 38.1 Å². The van der Waals surface area contributed by atoms with Gasteiger partial charge in [-0.2, -0.15) is 17.0 Å². The summed E-state index contributed by atoms with van der Waals surface area (Å²) in [7, 11) is -3.33. The number of piperidine rings is 1. The first kappa shape index (κ1) is 14.7. The van der Waals surface area contributed by atoms with Crippen molar-refractivity contribution in [3.05, 3.63) is 0 Å². The van der Waals surface area contributed by atoms with Crippen molar-refractivity contribution in [3.63, 3.8) is 0 Å². The molecule has 3 heterocycles. The Morgan fingerprint density at radius 3 is 2.45 bits per heavy atom. The summed E-state index contributed by atoms with van der Waals surface area (Å²) in [6.07, 6.45) is 1.96. The van der Waals surface area contributed by atoms with Crippen LogP contribution in [-0.2, 0) is 14.9 Å². The van der Waals surface area contributed by atoms with Crippen LogP contribution >= 0.6 is 0 Å². The van der Waals surface area contributed by atoms with E-state index >= 15 is 0 Å². The van der Waals surface area contributed by atoms with Gasteiger partial charge in [-0.05, 0) is 39.2 Å². The van der Waals surface area contributed by atoms with E-state index in [2.05, 4.69) is 5.32 Å². The number of rotatable bonds is 2. The highest BCUT2D eigenvalue weighted by Gasteiger charge is 2.41. The van der Waals surface area contributed by atoms with Crippen LogP contribution in [0.25, 0.3) is 0 Å². The van der Waals surface area contributed by atoms with Gasteiger partial charge in [0.15, 0.2) is 0 Å². The summed E-state index contributed by atoms with van der Waals surface area (Å²) < 4.78 is 34.5. The Labute approximate surface area is 121 Å². The quantitative estimate of drug-likeness (QED) is 0.781. The molecule has 0 bridgehead atoms. The molecule has 0 aromatic heterocycles. The maximum absolute atomic E-state index is 12.8. The predicted octanol–water partition coefficient (Wildman–Crippen LogP) is 0.0242. The second kappa shape index (κ2) is 5.53. The van der Waals surface area contributed by atoms with E-state index in [1.165, 1.54) is 0 Å². The number of hydrogen-bond donors (Lipinski definition) is 1. The van der Waals surface area contributed by atoms with Crippen molar-refractivity contribution in [2.45, 2.75) is 44.9 Å². The van der Waals surface area contributed by atoms with Gasteiger partial charge in [-0.3, -0.25) is 0 Å². The number of morpholine rings is 1. The summed E-state index contributed by atoms with van der Waals surface area (Å²) in [4.78, 5) is 0. The molecule has 4 atom stereocenters. The molecule has 3 rings (SSSR count). The Morgan fingerprint density at radius 1 is 1.05 bits per heavy atom. The standard InChI is InChI=1S/C13H25N3O3S/c1-10-7-16(8-11(2)19-10)20(17,18)15-6-4-13-12(9-15)3-5-14-13/h10-14H,3-9H2,1-2H3. The number of ether oxygens (including phenoxy) is 1. The highest BCUT2D eigenvalue weighted by Crippen LogP contribution is 2.28. The Balaban J connectivity index is 1.71. The summed E-state index contributed by atoms with van der Waals surface area (Å²) in [5.41, 5.74) is 0. The van der Waals surface area contributed by atoms with Gasteiger partial charge in [0.1, 0.15) is 0 Å². The van der Waals surface area contributed by atoms with Crippen LogP contribution in [0.3, 0.4) is 0 Å². The van der Waals surface area contributed by atoms with Gasteiger partial charge in [0.05, 0.1) is 12.2 Å². The van der Waals surface area contributed by atoms with Gasteiger partial charge in [-0.1, -0.05) is 0 Å². The van der Waals surface area contributed by atoms with Gasteiger partial charge in [0, 0.05) is 32.2 Å². The van der Waals surface area contributed by atoms with Crippen molar-refractivity contribution in [2.24, 2.45) is 5.92 Å². The first-order chi connectivity index (χ1) is 9.46. The van der Waals surface area contributed by atoms with E-state index < -0.39 is 10.2 Å². The molecule has 4 unspecified atom stereocenters. The summed E-state index contributed by atoms with van der Waals surface area (Å²) in [6, 6.07) is 0.518. The van der Waals surface area contributed by atoms with Crippen LogP contribution < -0.4 is 5.32 Å². The zero-order chi connectivity index (χ0) is 14.3. The van der Waals surface area contributed by atoms with Gasteiger partial charge < -0.3 is 10.1 Å². The molecule has 0 aromatic carbocycles. The normalized spacial score (nSPS) is 40.7. The molecular formula is C13H25N3O3S. The molecule has 0 saturated carbocycles. The zero-order valence-corrected chi connectivity index (χ0v) is 13.1. The highest BCUT2D eigenvalue weighted by atomic mass is 32.2. The van der Waals surface area contributed by atoms with Crippen molar-refractivity contribution in [3.8, 4) is 0 Å². The molecule has 0 spiro atoms. The fourth-order valence-corrected chi connectivity index (χ4v) is 5.55. The molecule has 6 nitrogen and oxygen atoms in total. The lowest BCUT2D eigenvalue weighted by Gasteiger charge is -2.40. The van der Waals surface area contributed by atoms with Crippen LogP contribution in [0.1, 0.15) is 26.7 Å². The van der Waals surface area contributed by atoms with Crippen molar-refractivity contribution in [2.75, 3.05) is 32.7 Å². The third-order valence-corrected chi connectivity index (χ3v) is 6.59. The van der Waals surface area contributed by atoms with Crippen LogP contribution in [0.15, 0.2) is 0 Å². The Morgan fingerprint density at radius 2 is 1.75 bits per heavy atom. The molecule has 0 amide bonds. The SMILES string of the molecule is CC1CN(S(=O)(=O)N2CCC3NCCC3C2)CC(C)O1. The van der Waals surface area contributed by atoms with Gasteiger partial charge >= 0.3 is 0 Å². The summed E-state index contributed by atoms with van der Waals surface area (Å²) in [5.74, 6) is 0.481. The van der Waals surface area contributed by atoms with Crippen molar-refractivity contribution < 1.29 is 13.2 Å². The zero-order valence-electron chi connectivity index (χ0n) is 12.3. The second-order valence-corrected chi connectivity index (χ2v) is 8.27. The van der Waals surface area contributed by atoms with E-state index in [1.54, 1.807) is 8.61 Å². The summed E-state index contributed by atoms with van der Waals surface area (Å²) in [5, 5.41) is 3.47. The van der Waals surface area contributed by atoms with Crippen molar-refractivity contribution in [1.29, 1.82) is 0 Å². The lowest BCUT2D eigenvalue weighted by molar-refractivity contribution is -0.0457. The largest absolute Gasteiger partial charge is 0.373 e. The summed E-state index contributed by atoms with van der Waals surface area (Å²) in [6.45, 7) is 7.13. The van der Waals surface area contributed by atoms with Gasteiger partial charge in [0.2, 0.25) is 0 Å². The maximum Gasteiger partial charge on any atom is 0.282 e. The fourth-order valence-electron chi connectivity index (χ4n) is 3.71. The molecule has 20 heavy (non-hydrogen) atoms. The number of hydrogen-bond acceptors (Lipinski definition) is 4. The first-order valence-electron chi connectivity index (χ1n) is 7.61. The third-order valence-electron chi connectivity index (χ3n) is 4.66. The molecule has 3 fully saturated rings. The van der Waals surface area contributed by atoms with E-state index in [-0.39, 0.29) is 12.2 Å². The molecule has 1 N–H and O–H groups in total. The number of nitrogens with zero attached hydrogens (tertiary/aromatic N) is 2. The minimum atomic E-state index is -3.33. The average molecular weight is 303 g/mol. The topological polar surface area (TPSA) is 61.9 Å². The average Bonchev–Trinajstić information content (AvgIpc) is 2.84. The van der Waals surface area contributed by atoms with Crippen LogP contribution in [-0.4, -0.2) is 68.0 Å². The second-order valence-electron chi connectivity index (χ2n) is 6.34. The minimum absolute atomic E-state index is 0.0285. The van der Waals surface area contributed by atoms with Crippen LogP contribution in [0.4, 0.5) is 0 Å². The Bertz CT molecular complexity index is 446. The number of nitrogens with one attached hydrogen (secondary N) is 1. The van der Waals surface area contributed by atoms with E-state index in [9.17, 15) is 8.42 Å². The van der Waals surface area contributed by atoms with E-state index in [1.807, 2.05) is 13.8 Å². The Hall–Kier alpha value is -0.210. The van der Waals surface area contributed by atoms with Crippen LogP contribution in [0, 0.1) is 5.92 Å². The monoisotopic (exact) mass is 303 g/mol. The van der Waals surface area contributed by atoms with Crippen molar-refractivity contribution in [1.82, 2.24) is 13.9 Å². The first-order valence-corrected chi connectivity index (χ1v) is 9.00. The molecule has 7 heteroatoms. The minimum Gasteiger partial charge on any atom is -0.373 e. The van der Waals surface area contributed by atoms with E-state index in [4.69, 9.17) is 4.74 Å². The lowest BCUT2D eigenvalue weighted by atomic mass is 9.95. The maximum atomic E-state index is 12.8. The molecular weight excluding hydrogens is 278 g/mol. The molecule has 3 saturated heterocycles. The smallest absolute Gasteiger partial charge is 0.282 e. The fraction of sp³-hybridized carbons (Fsp3) is 1.00. The molecule has 3 aliphatic heterocycles. The van der Waals surface area contributed by atoms with Crippen molar-refractivity contribution >= 4 is 10.2 Å². The van der Waals surface area contributed by atoms with E-state index in [0.717, 1.165) is 19.4 Å².